The van der Waals surface area contributed by atoms with Crippen molar-refractivity contribution in [1.29, 1.82) is 0 Å². The van der Waals surface area contributed by atoms with Crippen LogP contribution >= 0.6 is 0 Å². The number of amides is 1. The molecule has 1 amide bonds. The molecular formula is C18H22F3N3O. The van der Waals surface area contributed by atoms with E-state index in [4.69, 9.17) is 0 Å². The molecule has 3 rings (SSSR count). The van der Waals surface area contributed by atoms with Crippen molar-refractivity contribution in [2.75, 3.05) is 6.54 Å². The molecule has 1 fully saturated rings. The van der Waals surface area contributed by atoms with E-state index in [1.54, 1.807) is 0 Å². The van der Waals surface area contributed by atoms with E-state index in [9.17, 15) is 18.0 Å². The molecule has 1 saturated heterocycles. The molecule has 3 heterocycles. The monoisotopic (exact) mass is 353 g/mol. The van der Waals surface area contributed by atoms with Gasteiger partial charge in [0, 0.05) is 18.8 Å². The summed E-state index contributed by atoms with van der Waals surface area (Å²) in [5.41, 5.74) is 0.409. The lowest BCUT2D eigenvalue weighted by Gasteiger charge is -2.35. The molecule has 25 heavy (non-hydrogen) atoms. The molecule has 136 valence electrons. The van der Waals surface area contributed by atoms with Crippen molar-refractivity contribution in [3.63, 3.8) is 0 Å². The van der Waals surface area contributed by atoms with Crippen molar-refractivity contribution < 1.29 is 18.0 Å². The van der Waals surface area contributed by atoms with Crippen molar-refractivity contribution in [2.45, 2.75) is 58.2 Å². The Labute approximate surface area is 144 Å². The Morgan fingerprint density at radius 2 is 2.04 bits per heavy atom. The van der Waals surface area contributed by atoms with Gasteiger partial charge in [-0.2, -0.15) is 13.2 Å². The van der Waals surface area contributed by atoms with Gasteiger partial charge in [0.1, 0.15) is 11.3 Å². The quantitative estimate of drug-likeness (QED) is 0.824. The highest BCUT2D eigenvalue weighted by atomic mass is 19.4. The minimum absolute atomic E-state index is 0.141. The van der Waals surface area contributed by atoms with Crippen LogP contribution in [0.15, 0.2) is 18.3 Å². The highest BCUT2D eigenvalue weighted by Crippen LogP contribution is 2.30. The van der Waals surface area contributed by atoms with Crippen molar-refractivity contribution in [3.05, 3.63) is 35.3 Å². The largest absolute Gasteiger partial charge is 0.417 e. The SMILES string of the molecule is CCc1nc2ccc(C(F)(F)F)cn2c1C(=O)N1CCCCC1CC. The minimum Gasteiger partial charge on any atom is -0.334 e. The van der Waals surface area contributed by atoms with E-state index < -0.39 is 11.7 Å². The Balaban J connectivity index is 2.11. The third-order valence-corrected chi connectivity index (χ3v) is 4.91. The summed E-state index contributed by atoms with van der Waals surface area (Å²) in [6.07, 6.45) is 0.811. The molecule has 0 N–H and O–H groups in total. The van der Waals surface area contributed by atoms with Gasteiger partial charge in [-0.3, -0.25) is 9.20 Å². The Hall–Kier alpha value is -2.05. The number of rotatable bonds is 3. The molecule has 1 aliphatic heterocycles. The fourth-order valence-corrected chi connectivity index (χ4v) is 3.56. The Kier molecular flexibility index (Phi) is 4.75. The van der Waals surface area contributed by atoms with E-state index in [2.05, 4.69) is 4.98 Å². The summed E-state index contributed by atoms with van der Waals surface area (Å²) in [6, 6.07) is 2.47. The Morgan fingerprint density at radius 3 is 2.68 bits per heavy atom. The van der Waals surface area contributed by atoms with Crippen LogP contribution in [0.4, 0.5) is 13.2 Å². The zero-order chi connectivity index (χ0) is 18.2. The van der Waals surface area contributed by atoms with Crippen molar-refractivity contribution in [3.8, 4) is 0 Å². The van der Waals surface area contributed by atoms with E-state index in [0.29, 0.717) is 24.3 Å². The van der Waals surface area contributed by atoms with Gasteiger partial charge in [0.15, 0.2) is 0 Å². The molecular weight excluding hydrogens is 331 g/mol. The van der Waals surface area contributed by atoms with Gasteiger partial charge in [-0.15, -0.1) is 0 Å². The van der Waals surface area contributed by atoms with E-state index in [0.717, 1.165) is 37.9 Å². The van der Waals surface area contributed by atoms with Crippen molar-refractivity contribution in [1.82, 2.24) is 14.3 Å². The molecule has 1 atom stereocenters. The number of aromatic nitrogens is 2. The number of aryl methyl sites for hydroxylation is 1. The predicted molar refractivity (Wildman–Crippen MR) is 88.5 cm³/mol. The molecule has 0 spiro atoms. The normalized spacial score (nSPS) is 18.8. The second-order valence-corrected chi connectivity index (χ2v) is 6.46. The van der Waals surface area contributed by atoms with Crippen LogP contribution in [0.3, 0.4) is 0 Å². The summed E-state index contributed by atoms with van der Waals surface area (Å²) >= 11 is 0. The molecule has 0 bridgehead atoms. The van der Waals surface area contributed by atoms with Crippen LogP contribution < -0.4 is 0 Å². The molecule has 7 heteroatoms. The maximum absolute atomic E-state index is 13.2. The number of likely N-dealkylation sites (tertiary alicyclic amines) is 1. The van der Waals surface area contributed by atoms with Gasteiger partial charge in [0.2, 0.25) is 0 Å². The average molecular weight is 353 g/mol. The summed E-state index contributed by atoms with van der Waals surface area (Å²) in [5, 5.41) is 0. The number of carbonyl (C=O) groups is 1. The second-order valence-electron chi connectivity index (χ2n) is 6.46. The third kappa shape index (κ3) is 3.24. The predicted octanol–water partition coefficient (Wildman–Crippen LogP) is 4.32. The second kappa shape index (κ2) is 6.69. The molecule has 0 aliphatic carbocycles. The van der Waals surface area contributed by atoms with Crippen LogP contribution in [0.5, 0.6) is 0 Å². The molecule has 2 aromatic heterocycles. The lowest BCUT2D eigenvalue weighted by molar-refractivity contribution is -0.137. The van der Waals surface area contributed by atoms with Gasteiger partial charge < -0.3 is 4.90 Å². The number of halogens is 3. The first kappa shape index (κ1) is 17.8. The van der Waals surface area contributed by atoms with Gasteiger partial charge in [0.05, 0.1) is 11.3 Å². The lowest BCUT2D eigenvalue weighted by atomic mass is 9.99. The topological polar surface area (TPSA) is 37.6 Å². The zero-order valence-electron chi connectivity index (χ0n) is 14.4. The summed E-state index contributed by atoms with van der Waals surface area (Å²) in [6.45, 7) is 4.54. The highest BCUT2D eigenvalue weighted by molar-refractivity contribution is 5.95. The zero-order valence-corrected chi connectivity index (χ0v) is 14.4. The van der Waals surface area contributed by atoms with E-state index in [1.165, 1.54) is 10.5 Å². The lowest BCUT2D eigenvalue weighted by Crippen LogP contribution is -2.44. The fourth-order valence-electron chi connectivity index (χ4n) is 3.56. The summed E-state index contributed by atoms with van der Waals surface area (Å²) in [7, 11) is 0. The van der Waals surface area contributed by atoms with Gasteiger partial charge in [0.25, 0.3) is 5.91 Å². The Morgan fingerprint density at radius 1 is 1.28 bits per heavy atom. The summed E-state index contributed by atoms with van der Waals surface area (Å²) < 4.78 is 40.5. The van der Waals surface area contributed by atoms with Gasteiger partial charge in [-0.25, -0.2) is 4.98 Å². The third-order valence-electron chi connectivity index (χ3n) is 4.91. The van der Waals surface area contributed by atoms with Crippen LogP contribution in [0.25, 0.3) is 5.65 Å². The van der Waals surface area contributed by atoms with Crippen LogP contribution in [0.1, 0.15) is 61.3 Å². The first-order valence-electron chi connectivity index (χ1n) is 8.76. The van der Waals surface area contributed by atoms with E-state index in [-0.39, 0.29) is 17.6 Å². The number of hydrogen-bond donors (Lipinski definition) is 0. The average Bonchev–Trinajstić information content (AvgIpc) is 2.98. The fraction of sp³-hybridized carbons (Fsp3) is 0.556. The molecule has 1 unspecified atom stereocenters. The summed E-state index contributed by atoms with van der Waals surface area (Å²) in [5.74, 6) is -0.213. The number of imidazole rings is 1. The first-order chi connectivity index (χ1) is 11.9. The van der Waals surface area contributed by atoms with E-state index >= 15 is 0 Å². The number of fused-ring (bicyclic) bond motifs is 1. The van der Waals surface area contributed by atoms with Crippen LogP contribution in [0, 0.1) is 0 Å². The minimum atomic E-state index is -4.46. The molecule has 2 aromatic rings. The number of pyridine rings is 1. The van der Waals surface area contributed by atoms with E-state index in [1.807, 2.05) is 18.7 Å². The molecule has 0 aromatic carbocycles. The number of alkyl halides is 3. The number of nitrogens with zero attached hydrogens (tertiary/aromatic N) is 3. The van der Waals surface area contributed by atoms with Crippen molar-refractivity contribution in [2.24, 2.45) is 0 Å². The first-order valence-corrected chi connectivity index (χ1v) is 8.76. The molecule has 4 nitrogen and oxygen atoms in total. The molecule has 0 radical (unpaired) electrons. The maximum atomic E-state index is 13.2. The van der Waals surface area contributed by atoms with Crippen LogP contribution in [-0.4, -0.2) is 32.8 Å². The molecule has 1 aliphatic rings. The number of carbonyl (C=O) groups excluding carboxylic acids is 1. The Bertz CT molecular complexity index is 782. The van der Waals surface area contributed by atoms with Crippen LogP contribution in [-0.2, 0) is 12.6 Å². The molecule has 0 saturated carbocycles. The number of piperidine rings is 1. The smallest absolute Gasteiger partial charge is 0.334 e. The highest BCUT2D eigenvalue weighted by Gasteiger charge is 2.33. The van der Waals surface area contributed by atoms with Gasteiger partial charge in [-0.05, 0) is 44.2 Å². The number of hydrogen-bond acceptors (Lipinski definition) is 2. The maximum Gasteiger partial charge on any atom is 0.417 e. The standard InChI is InChI=1S/C18H22F3N3O/c1-3-13-7-5-6-10-23(13)17(25)16-14(4-2)22-15-9-8-12(11-24(15)16)18(19,20)21/h8-9,11,13H,3-7,10H2,1-2H3. The summed E-state index contributed by atoms with van der Waals surface area (Å²) in [4.78, 5) is 19.3. The van der Waals surface area contributed by atoms with Gasteiger partial charge in [-0.1, -0.05) is 13.8 Å². The van der Waals surface area contributed by atoms with Crippen molar-refractivity contribution >= 4 is 11.6 Å². The van der Waals surface area contributed by atoms with Crippen LogP contribution in [0.2, 0.25) is 0 Å². The van der Waals surface area contributed by atoms with Gasteiger partial charge >= 0.3 is 6.18 Å².